The van der Waals surface area contributed by atoms with Crippen molar-refractivity contribution in [2.24, 2.45) is 0 Å². The van der Waals surface area contributed by atoms with Crippen molar-refractivity contribution in [2.75, 3.05) is 23.7 Å². The van der Waals surface area contributed by atoms with Crippen molar-refractivity contribution >= 4 is 39.8 Å². The van der Waals surface area contributed by atoms with E-state index in [1.807, 2.05) is 107 Å². The fourth-order valence-corrected chi connectivity index (χ4v) is 4.78. The van der Waals surface area contributed by atoms with E-state index in [1.54, 1.807) is 17.0 Å². The van der Waals surface area contributed by atoms with Crippen LogP contribution < -0.4 is 10.6 Å². The van der Waals surface area contributed by atoms with Gasteiger partial charge in [0.25, 0.3) is 11.8 Å². The average molecular weight is 544 g/mol. The Bertz CT molecular complexity index is 1710. The number of anilines is 3. The Hall–Kier alpha value is -5.04. The van der Waals surface area contributed by atoms with Gasteiger partial charge in [-0.3, -0.25) is 9.59 Å². The van der Waals surface area contributed by atoms with E-state index in [2.05, 4.69) is 20.8 Å². The smallest absolute Gasteiger partial charge is 0.255 e. The predicted octanol–water partition coefficient (Wildman–Crippen LogP) is 7.39. The Morgan fingerprint density at radius 3 is 2.10 bits per heavy atom. The zero-order valence-electron chi connectivity index (χ0n) is 23.7. The fourth-order valence-electron chi connectivity index (χ4n) is 4.78. The van der Waals surface area contributed by atoms with Gasteiger partial charge in [0, 0.05) is 51.9 Å². The summed E-state index contributed by atoms with van der Waals surface area (Å²) >= 11 is 0. The van der Waals surface area contributed by atoms with Crippen molar-refractivity contribution in [1.29, 1.82) is 0 Å². The lowest BCUT2D eigenvalue weighted by Gasteiger charge is -2.18. The second kappa shape index (κ2) is 12.0. The van der Waals surface area contributed by atoms with Gasteiger partial charge in [-0.25, -0.2) is 0 Å². The summed E-state index contributed by atoms with van der Waals surface area (Å²) < 4.78 is 0. The number of nitrogens with one attached hydrogen (secondary N) is 2. The Labute approximate surface area is 240 Å². The van der Waals surface area contributed by atoms with E-state index in [0.717, 1.165) is 44.5 Å². The van der Waals surface area contributed by atoms with Crippen LogP contribution in [0.4, 0.5) is 17.2 Å². The number of rotatable bonds is 8. The van der Waals surface area contributed by atoms with Gasteiger partial charge in [-0.15, -0.1) is 10.2 Å². The van der Waals surface area contributed by atoms with E-state index >= 15 is 0 Å². The Kier molecular flexibility index (Phi) is 8.06. The third-order valence-corrected chi connectivity index (χ3v) is 7.19. The minimum atomic E-state index is -0.162. The number of hydrogen-bond donors (Lipinski definition) is 2. The van der Waals surface area contributed by atoms with E-state index < -0.39 is 0 Å². The standard InChI is InChI=1S/C34H33N5O2/c1-5-39(6-2)34(41)26-15-13-24(14-16-26)31-28-9-7-8-10-29(28)32(38-37-31)35-27-19-17-25(18-20-27)33(40)36-30-21-22(3)11-12-23(30)4/h7-21H,5-6H2,1-4H3,(H,35,38)(H,36,40). The second-order valence-corrected chi connectivity index (χ2v) is 9.97. The topological polar surface area (TPSA) is 87.2 Å². The molecule has 7 nitrogen and oxygen atoms in total. The van der Waals surface area contributed by atoms with Gasteiger partial charge in [-0.1, -0.05) is 48.5 Å². The lowest BCUT2D eigenvalue weighted by molar-refractivity contribution is 0.0772. The molecule has 41 heavy (non-hydrogen) atoms. The van der Waals surface area contributed by atoms with Crippen LogP contribution in [-0.4, -0.2) is 40.0 Å². The molecule has 2 amide bonds. The molecule has 1 heterocycles. The highest BCUT2D eigenvalue weighted by Gasteiger charge is 2.15. The largest absolute Gasteiger partial charge is 0.339 e. The second-order valence-electron chi connectivity index (χ2n) is 9.97. The van der Waals surface area contributed by atoms with Crippen molar-refractivity contribution in [3.8, 4) is 11.3 Å². The van der Waals surface area contributed by atoms with Crippen LogP contribution >= 0.6 is 0 Å². The van der Waals surface area contributed by atoms with Gasteiger partial charge >= 0.3 is 0 Å². The van der Waals surface area contributed by atoms with Crippen LogP contribution in [0.1, 0.15) is 45.7 Å². The Balaban J connectivity index is 1.36. The molecule has 5 aromatic rings. The molecule has 0 atom stereocenters. The van der Waals surface area contributed by atoms with Gasteiger partial charge in [0.2, 0.25) is 0 Å². The number of fused-ring (bicyclic) bond motifs is 1. The lowest BCUT2D eigenvalue weighted by Crippen LogP contribution is -2.30. The van der Waals surface area contributed by atoms with Gasteiger partial charge in [-0.2, -0.15) is 0 Å². The molecular weight excluding hydrogens is 510 g/mol. The predicted molar refractivity (Wildman–Crippen MR) is 166 cm³/mol. The maximum Gasteiger partial charge on any atom is 0.255 e. The molecule has 0 aliphatic carbocycles. The third kappa shape index (κ3) is 5.94. The minimum absolute atomic E-state index is 0.0193. The molecule has 1 aromatic heterocycles. The van der Waals surface area contributed by atoms with Crippen LogP contribution in [0.15, 0.2) is 91.0 Å². The third-order valence-electron chi connectivity index (χ3n) is 7.19. The van der Waals surface area contributed by atoms with Crippen LogP contribution in [0.3, 0.4) is 0 Å². The molecule has 0 bridgehead atoms. The first kappa shape index (κ1) is 27.5. The molecule has 0 fully saturated rings. The Morgan fingerprint density at radius 1 is 0.756 bits per heavy atom. The molecule has 5 rings (SSSR count). The number of hydrogen-bond acceptors (Lipinski definition) is 5. The number of benzene rings is 4. The zero-order chi connectivity index (χ0) is 28.9. The molecule has 2 N–H and O–H groups in total. The van der Waals surface area contributed by atoms with Crippen LogP contribution in [0.5, 0.6) is 0 Å². The summed E-state index contributed by atoms with van der Waals surface area (Å²) in [6, 6.07) is 28.7. The number of carbonyl (C=O) groups is 2. The minimum Gasteiger partial charge on any atom is -0.339 e. The van der Waals surface area contributed by atoms with E-state index in [0.29, 0.717) is 30.0 Å². The molecule has 206 valence electrons. The van der Waals surface area contributed by atoms with Crippen molar-refractivity contribution in [3.63, 3.8) is 0 Å². The molecule has 0 saturated carbocycles. The lowest BCUT2D eigenvalue weighted by atomic mass is 10.0. The molecule has 0 aliphatic heterocycles. The quantitative estimate of drug-likeness (QED) is 0.213. The number of nitrogens with zero attached hydrogens (tertiary/aromatic N) is 3. The van der Waals surface area contributed by atoms with Gasteiger partial charge in [0.05, 0.1) is 0 Å². The van der Waals surface area contributed by atoms with Crippen molar-refractivity contribution in [3.05, 3.63) is 113 Å². The highest BCUT2D eigenvalue weighted by molar-refractivity contribution is 6.05. The monoisotopic (exact) mass is 543 g/mol. The number of aromatic nitrogens is 2. The van der Waals surface area contributed by atoms with Crippen LogP contribution in [0.25, 0.3) is 22.0 Å². The summed E-state index contributed by atoms with van der Waals surface area (Å²) in [6.45, 7) is 9.27. The average Bonchev–Trinajstić information content (AvgIpc) is 3.00. The van der Waals surface area contributed by atoms with Crippen LogP contribution in [0.2, 0.25) is 0 Å². The van der Waals surface area contributed by atoms with E-state index in [1.165, 1.54) is 0 Å². The zero-order valence-corrected chi connectivity index (χ0v) is 23.7. The normalized spacial score (nSPS) is 10.8. The first-order chi connectivity index (χ1) is 19.9. The number of aryl methyl sites for hydroxylation is 2. The van der Waals surface area contributed by atoms with E-state index in [9.17, 15) is 9.59 Å². The molecule has 0 aliphatic rings. The van der Waals surface area contributed by atoms with Gasteiger partial charge in [0.15, 0.2) is 5.82 Å². The summed E-state index contributed by atoms with van der Waals surface area (Å²) in [5.74, 6) is 0.473. The Morgan fingerprint density at radius 2 is 1.41 bits per heavy atom. The van der Waals surface area contributed by atoms with Crippen LogP contribution in [-0.2, 0) is 0 Å². The highest BCUT2D eigenvalue weighted by Crippen LogP contribution is 2.31. The highest BCUT2D eigenvalue weighted by atomic mass is 16.2. The summed E-state index contributed by atoms with van der Waals surface area (Å²) in [4.78, 5) is 27.4. The summed E-state index contributed by atoms with van der Waals surface area (Å²) in [5.41, 5.74) is 6.54. The maximum absolute atomic E-state index is 12.8. The molecule has 0 saturated heterocycles. The first-order valence-corrected chi connectivity index (χ1v) is 13.8. The molecule has 0 radical (unpaired) electrons. The summed E-state index contributed by atoms with van der Waals surface area (Å²) in [6.07, 6.45) is 0. The van der Waals surface area contributed by atoms with Gasteiger partial charge in [-0.05, 0) is 81.3 Å². The molecule has 4 aromatic carbocycles. The van der Waals surface area contributed by atoms with Gasteiger partial charge in [0.1, 0.15) is 5.69 Å². The number of carbonyl (C=O) groups excluding carboxylic acids is 2. The SMILES string of the molecule is CCN(CC)C(=O)c1ccc(-c2nnc(Nc3ccc(C(=O)Nc4cc(C)ccc4C)cc3)c3ccccc23)cc1. The maximum atomic E-state index is 12.8. The molecule has 0 unspecified atom stereocenters. The van der Waals surface area contributed by atoms with Crippen molar-refractivity contribution < 1.29 is 9.59 Å². The van der Waals surface area contributed by atoms with Crippen molar-refractivity contribution in [2.45, 2.75) is 27.7 Å². The molecule has 7 heteroatoms. The fraction of sp³-hybridized carbons (Fsp3) is 0.176. The van der Waals surface area contributed by atoms with Crippen LogP contribution in [0, 0.1) is 13.8 Å². The molecule has 0 spiro atoms. The van der Waals surface area contributed by atoms with Crippen molar-refractivity contribution in [1.82, 2.24) is 15.1 Å². The number of amides is 2. The van der Waals surface area contributed by atoms with E-state index in [4.69, 9.17) is 0 Å². The summed E-state index contributed by atoms with van der Waals surface area (Å²) in [5, 5.41) is 17.3. The first-order valence-electron chi connectivity index (χ1n) is 13.8. The summed E-state index contributed by atoms with van der Waals surface area (Å²) in [7, 11) is 0. The molecular formula is C34H33N5O2. The van der Waals surface area contributed by atoms with E-state index in [-0.39, 0.29) is 11.8 Å². The van der Waals surface area contributed by atoms with Gasteiger partial charge < -0.3 is 15.5 Å².